The Bertz CT molecular complexity index is 662. The number of unbranched alkanes of at least 4 members (excludes halogenated alkanes) is 13. The van der Waals surface area contributed by atoms with E-state index < -0.39 is 7.82 Å². The van der Waals surface area contributed by atoms with Crippen molar-refractivity contribution in [3.8, 4) is 0 Å². The van der Waals surface area contributed by atoms with Gasteiger partial charge in [-0.25, -0.2) is 4.57 Å². The van der Waals surface area contributed by atoms with Gasteiger partial charge in [-0.3, -0.25) is 9.42 Å². The Kier molecular flexibility index (Phi) is 24.1. The van der Waals surface area contributed by atoms with Crippen LogP contribution in [0.3, 0.4) is 0 Å². The minimum absolute atomic E-state index is 0.0979. The van der Waals surface area contributed by atoms with Gasteiger partial charge in [0, 0.05) is 13.0 Å². The number of carbonyl (C=O) groups is 1. The maximum absolute atomic E-state index is 12.2. The first kappa shape index (κ1) is 36.8. The Labute approximate surface area is 233 Å². The number of nitrogens with zero attached hydrogens (tertiary/aromatic N) is 1. The summed E-state index contributed by atoms with van der Waals surface area (Å²) in [6.45, 7) is 3.87. The van der Waals surface area contributed by atoms with Crippen molar-refractivity contribution in [1.29, 1.82) is 0 Å². The van der Waals surface area contributed by atoms with E-state index in [9.17, 15) is 14.3 Å². The average molecular weight is 563 g/mol. The molecule has 0 radical (unpaired) electrons. The number of phosphoric acid groups is 1. The van der Waals surface area contributed by atoms with Gasteiger partial charge in [0.2, 0.25) is 0 Å². The van der Waals surface area contributed by atoms with E-state index in [0.29, 0.717) is 42.8 Å². The molecule has 0 aromatic heterocycles. The van der Waals surface area contributed by atoms with Crippen LogP contribution in [0.25, 0.3) is 0 Å². The van der Waals surface area contributed by atoms with Gasteiger partial charge in [-0.05, 0) is 39.0 Å². The van der Waals surface area contributed by atoms with E-state index in [0.717, 1.165) is 31.8 Å². The van der Waals surface area contributed by atoms with Crippen LogP contribution in [0.5, 0.6) is 0 Å². The molecule has 0 heterocycles. The van der Waals surface area contributed by atoms with Gasteiger partial charge in [0.1, 0.15) is 32.3 Å². The van der Waals surface area contributed by atoms with E-state index in [1.54, 1.807) is 0 Å². The number of rotatable bonds is 28. The first-order valence-electron chi connectivity index (χ1n) is 14.6. The lowest BCUT2D eigenvalue weighted by Gasteiger charge is -2.23. The predicted octanol–water partition coefficient (Wildman–Crippen LogP) is 7.33. The Morgan fingerprint density at radius 3 is 1.92 bits per heavy atom. The monoisotopic (exact) mass is 562 g/mol. The maximum atomic E-state index is 12.2. The van der Waals surface area contributed by atoms with E-state index in [-0.39, 0.29) is 13.2 Å². The molecule has 0 spiro atoms. The fourth-order valence-corrected chi connectivity index (χ4v) is 4.25. The summed E-state index contributed by atoms with van der Waals surface area (Å²) in [7, 11) is 1.68. The lowest BCUT2D eigenvalue weighted by Crippen LogP contribution is -2.37. The summed E-state index contributed by atoms with van der Waals surface area (Å²) in [6.07, 6.45) is 23.5. The topological polar surface area (TPSA) is 91.3 Å². The zero-order valence-corrected chi connectivity index (χ0v) is 25.6. The largest absolute Gasteiger partial charge is 0.527 e. The van der Waals surface area contributed by atoms with Crippen molar-refractivity contribution < 1.29 is 37.3 Å². The van der Waals surface area contributed by atoms with Crippen molar-refractivity contribution in [1.82, 2.24) is 0 Å². The molecule has 1 unspecified atom stereocenters. The van der Waals surface area contributed by atoms with Crippen molar-refractivity contribution in [3.63, 3.8) is 0 Å². The highest BCUT2D eigenvalue weighted by Gasteiger charge is 2.23. The minimum Gasteiger partial charge on any atom is -0.492 e. The van der Waals surface area contributed by atoms with Crippen LogP contribution in [0.15, 0.2) is 24.2 Å². The number of hydrogen-bond donors (Lipinski definition) is 1. The van der Waals surface area contributed by atoms with Gasteiger partial charge >= 0.3 is 7.82 Å². The molecule has 0 bridgehead atoms. The van der Waals surface area contributed by atoms with Crippen LogP contribution in [0, 0.1) is 0 Å². The zero-order chi connectivity index (χ0) is 28.4. The highest BCUT2D eigenvalue weighted by Crippen LogP contribution is 2.43. The lowest BCUT2D eigenvalue weighted by molar-refractivity contribution is -0.870. The Balaban J connectivity index is 4.07. The number of likely N-dealkylation sites (N-methyl/N-ethyl adjacent to an activating group) is 1. The van der Waals surface area contributed by atoms with E-state index in [2.05, 4.69) is 19.1 Å². The number of allylic oxidation sites excluding steroid dienone is 2. The fraction of sp³-hybridized carbons (Fsp3) is 0.828. The molecule has 1 N–H and O–H groups in total. The van der Waals surface area contributed by atoms with Crippen LogP contribution in [-0.2, 0) is 27.9 Å². The second kappa shape index (κ2) is 24.8. The number of aldehydes is 1. The molecule has 0 aliphatic rings. The Morgan fingerprint density at radius 1 is 0.789 bits per heavy atom. The van der Waals surface area contributed by atoms with Gasteiger partial charge in [0.25, 0.3) is 0 Å². The SMILES string of the molecule is C/C=C/CCCCCCCCCCCCCOC/C(=C\OP(=O)(O)OCC[N+](C)(C)C)OCCCCC=O. The van der Waals surface area contributed by atoms with Crippen LogP contribution >= 0.6 is 7.82 Å². The molecule has 1 atom stereocenters. The third-order valence-corrected chi connectivity index (χ3v) is 6.86. The number of carbonyl (C=O) groups excluding carboxylic acids is 1. The summed E-state index contributed by atoms with van der Waals surface area (Å²) in [6, 6.07) is 0. The third kappa shape index (κ3) is 27.8. The molecule has 0 aliphatic carbocycles. The van der Waals surface area contributed by atoms with Gasteiger partial charge in [-0.15, -0.1) is 0 Å². The van der Waals surface area contributed by atoms with Crippen molar-refractivity contribution in [3.05, 3.63) is 24.2 Å². The summed E-state index contributed by atoms with van der Waals surface area (Å²) in [5.74, 6) is 0.336. The van der Waals surface area contributed by atoms with Gasteiger partial charge in [0.05, 0.1) is 27.7 Å². The summed E-state index contributed by atoms with van der Waals surface area (Å²) in [5, 5.41) is 0. The fourth-order valence-electron chi connectivity index (χ4n) is 3.63. The summed E-state index contributed by atoms with van der Waals surface area (Å²) >= 11 is 0. The van der Waals surface area contributed by atoms with Crippen LogP contribution in [0.4, 0.5) is 0 Å². The van der Waals surface area contributed by atoms with Crippen molar-refractivity contribution >= 4 is 14.1 Å². The molecule has 8 nitrogen and oxygen atoms in total. The second-order valence-corrected chi connectivity index (χ2v) is 12.2. The van der Waals surface area contributed by atoms with E-state index in [1.165, 1.54) is 64.2 Å². The van der Waals surface area contributed by atoms with Crippen molar-refractivity contribution in [2.24, 2.45) is 0 Å². The number of hydrogen-bond acceptors (Lipinski definition) is 6. The van der Waals surface area contributed by atoms with E-state index in [1.807, 2.05) is 21.1 Å². The quantitative estimate of drug-likeness (QED) is 0.0267. The van der Waals surface area contributed by atoms with Crippen LogP contribution in [-0.4, -0.2) is 69.8 Å². The number of ether oxygens (including phenoxy) is 2. The molecule has 0 aliphatic heterocycles. The third-order valence-electron chi connectivity index (χ3n) is 5.98. The van der Waals surface area contributed by atoms with Gasteiger partial charge in [-0.2, -0.15) is 0 Å². The molecule has 0 saturated carbocycles. The predicted molar refractivity (Wildman–Crippen MR) is 155 cm³/mol. The van der Waals surface area contributed by atoms with Crippen LogP contribution in [0.2, 0.25) is 0 Å². The standard InChI is InChI=1S/C29H56NO7P/c1-5-6-7-8-9-10-11-12-13-14-15-16-17-20-24-34-27-29(35-25-21-18-19-23-31)28-37-38(32,33)36-26-22-30(2,3)4/h5-6,23,28H,7-22,24-27H2,1-4H3/p+1/b6-5+,29-28+. The summed E-state index contributed by atoms with van der Waals surface area (Å²) < 4.78 is 34.2. The van der Waals surface area contributed by atoms with E-state index in [4.69, 9.17) is 18.5 Å². The molecular formula is C29H57NO7P+. The molecule has 0 saturated heterocycles. The van der Waals surface area contributed by atoms with Crippen molar-refractivity contribution in [2.75, 3.05) is 54.1 Å². The maximum Gasteiger partial charge on any atom is 0.527 e. The number of quaternary nitrogens is 1. The normalized spacial score (nSPS) is 14.1. The minimum atomic E-state index is -4.23. The molecule has 0 aromatic carbocycles. The van der Waals surface area contributed by atoms with Crippen LogP contribution in [0.1, 0.15) is 103 Å². The summed E-state index contributed by atoms with van der Waals surface area (Å²) in [4.78, 5) is 20.4. The smallest absolute Gasteiger partial charge is 0.492 e. The molecule has 224 valence electrons. The molecule has 0 fully saturated rings. The Hall–Kier alpha value is -1.18. The number of phosphoric ester groups is 1. The molecule has 0 aromatic rings. The van der Waals surface area contributed by atoms with Gasteiger partial charge in [0.15, 0.2) is 5.76 Å². The van der Waals surface area contributed by atoms with Crippen LogP contribution < -0.4 is 0 Å². The second-order valence-electron chi connectivity index (χ2n) is 10.8. The first-order chi connectivity index (χ1) is 18.2. The molecule has 0 rings (SSSR count). The average Bonchev–Trinajstić information content (AvgIpc) is 2.85. The van der Waals surface area contributed by atoms with E-state index >= 15 is 0 Å². The van der Waals surface area contributed by atoms with Gasteiger partial charge < -0.3 is 23.3 Å². The van der Waals surface area contributed by atoms with Crippen molar-refractivity contribution in [2.45, 2.75) is 103 Å². The molecule has 38 heavy (non-hydrogen) atoms. The van der Waals surface area contributed by atoms with Gasteiger partial charge in [-0.1, -0.05) is 69.9 Å². The highest BCUT2D eigenvalue weighted by molar-refractivity contribution is 7.47. The lowest BCUT2D eigenvalue weighted by atomic mass is 10.1. The first-order valence-corrected chi connectivity index (χ1v) is 16.1. The molecular weight excluding hydrogens is 505 g/mol. The molecule has 9 heteroatoms. The zero-order valence-electron chi connectivity index (χ0n) is 24.7. The summed E-state index contributed by atoms with van der Waals surface area (Å²) in [5.41, 5.74) is 0. The highest BCUT2D eigenvalue weighted by atomic mass is 31.2. The molecule has 0 amide bonds. The Morgan fingerprint density at radius 2 is 1.34 bits per heavy atom.